The van der Waals surface area contributed by atoms with Crippen LogP contribution in [-0.4, -0.2) is 54.2 Å². The van der Waals surface area contributed by atoms with Crippen molar-refractivity contribution in [2.75, 3.05) is 26.2 Å². The molecular formula is C13H27N3O2. The fourth-order valence-electron chi connectivity index (χ4n) is 2.69. The van der Waals surface area contributed by atoms with E-state index in [1.54, 1.807) is 0 Å². The molecular weight excluding hydrogens is 230 g/mol. The van der Waals surface area contributed by atoms with Crippen LogP contribution in [0.5, 0.6) is 0 Å². The molecule has 0 aromatic rings. The zero-order chi connectivity index (χ0) is 13.5. The highest BCUT2D eigenvalue weighted by Gasteiger charge is 2.30. The van der Waals surface area contributed by atoms with Gasteiger partial charge in [-0.15, -0.1) is 0 Å². The molecule has 4 N–H and O–H groups in total. The van der Waals surface area contributed by atoms with E-state index in [1.807, 2.05) is 6.92 Å². The van der Waals surface area contributed by atoms with Crippen LogP contribution >= 0.6 is 0 Å². The monoisotopic (exact) mass is 257 g/mol. The standard InChI is InChI=1S/C13H27N3O2/c1-3-5-15-11-6-10(12(17)4-2)7-16(8-11)9-13(14)18/h10-12,15,17H,3-9H2,1-2H3,(H2,14,18). The van der Waals surface area contributed by atoms with Crippen LogP contribution < -0.4 is 11.1 Å². The Morgan fingerprint density at radius 3 is 2.78 bits per heavy atom. The van der Waals surface area contributed by atoms with E-state index in [1.165, 1.54) is 0 Å². The number of piperidine rings is 1. The number of carbonyl (C=O) groups excluding carboxylic acids is 1. The van der Waals surface area contributed by atoms with Gasteiger partial charge >= 0.3 is 0 Å². The summed E-state index contributed by atoms with van der Waals surface area (Å²) in [6.07, 6.45) is 2.54. The number of aliphatic hydroxyl groups excluding tert-OH is 1. The predicted octanol–water partition coefficient (Wildman–Crippen LogP) is -0.0673. The highest BCUT2D eigenvalue weighted by atomic mass is 16.3. The highest BCUT2D eigenvalue weighted by Crippen LogP contribution is 2.21. The van der Waals surface area contributed by atoms with Crippen molar-refractivity contribution in [3.8, 4) is 0 Å². The predicted molar refractivity (Wildman–Crippen MR) is 72.1 cm³/mol. The molecule has 1 rings (SSSR count). The molecule has 5 heteroatoms. The van der Waals surface area contributed by atoms with Gasteiger partial charge in [0.25, 0.3) is 0 Å². The van der Waals surface area contributed by atoms with E-state index < -0.39 is 0 Å². The van der Waals surface area contributed by atoms with Crippen molar-refractivity contribution >= 4 is 5.91 Å². The number of amides is 1. The number of primary amides is 1. The first-order chi connectivity index (χ1) is 8.56. The Labute approximate surface area is 110 Å². The smallest absolute Gasteiger partial charge is 0.231 e. The van der Waals surface area contributed by atoms with Gasteiger partial charge in [0.2, 0.25) is 5.91 Å². The summed E-state index contributed by atoms with van der Waals surface area (Å²) in [4.78, 5) is 13.1. The van der Waals surface area contributed by atoms with Crippen molar-refractivity contribution in [3.05, 3.63) is 0 Å². The van der Waals surface area contributed by atoms with Crippen LogP contribution in [0.25, 0.3) is 0 Å². The molecule has 0 saturated carbocycles. The first-order valence-corrected chi connectivity index (χ1v) is 6.98. The number of likely N-dealkylation sites (tertiary alicyclic amines) is 1. The number of nitrogens with two attached hydrogens (primary N) is 1. The van der Waals surface area contributed by atoms with Gasteiger partial charge in [-0.2, -0.15) is 0 Å². The van der Waals surface area contributed by atoms with Gasteiger partial charge in [-0.3, -0.25) is 9.69 Å². The van der Waals surface area contributed by atoms with Crippen molar-refractivity contribution in [2.45, 2.75) is 45.3 Å². The second kappa shape index (κ2) is 7.71. The van der Waals surface area contributed by atoms with Crippen LogP contribution in [0.1, 0.15) is 33.1 Å². The van der Waals surface area contributed by atoms with Crippen molar-refractivity contribution in [3.63, 3.8) is 0 Å². The number of nitrogens with one attached hydrogen (secondary N) is 1. The fraction of sp³-hybridized carbons (Fsp3) is 0.923. The third-order valence-corrected chi connectivity index (χ3v) is 3.58. The van der Waals surface area contributed by atoms with Crippen LogP contribution in [0.3, 0.4) is 0 Å². The Morgan fingerprint density at radius 2 is 2.22 bits per heavy atom. The summed E-state index contributed by atoms with van der Waals surface area (Å²) in [5.74, 6) is -0.0617. The van der Waals surface area contributed by atoms with Gasteiger partial charge in [0.1, 0.15) is 0 Å². The second-order valence-corrected chi connectivity index (χ2v) is 5.28. The van der Waals surface area contributed by atoms with E-state index in [-0.39, 0.29) is 24.5 Å². The van der Waals surface area contributed by atoms with Crippen LogP contribution in [0.15, 0.2) is 0 Å². The van der Waals surface area contributed by atoms with Crippen LogP contribution in [0.2, 0.25) is 0 Å². The third kappa shape index (κ3) is 4.92. The molecule has 0 aromatic heterocycles. The summed E-state index contributed by atoms with van der Waals surface area (Å²) in [6.45, 7) is 7.00. The summed E-state index contributed by atoms with van der Waals surface area (Å²) in [5.41, 5.74) is 5.26. The second-order valence-electron chi connectivity index (χ2n) is 5.28. The molecule has 3 unspecified atom stereocenters. The molecule has 1 saturated heterocycles. The van der Waals surface area contributed by atoms with E-state index in [2.05, 4.69) is 17.1 Å². The highest BCUT2D eigenvalue weighted by molar-refractivity contribution is 5.75. The lowest BCUT2D eigenvalue weighted by Crippen LogP contribution is -2.53. The molecule has 106 valence electrons. The quantitative estimate of drug-likeness (QED) is 0.597. The minimum atomic E-state index is -0.295. The molecule has 5 nitrogen and oxygen atoms in total. The molecule has 1 aliphatic heterocycles. The molecule has 1 fully saturated rings. The molecule has 18 heavy (non-hydrogen) atoms. The number of hydrogen-bond donors (Lipinski definition) is 3. The van der Waals surface area contributed by atoms with E-state index in [0.717, 1.165) is 38.9 Å². The normalized spacial score (nSPS) is 27.1. The summed E-state index contributed by atoms with van der Waals surface area (Å²) in [5, 5.41) is 13.5. The summed E-state index contributed by atoms with van der Waals surface area (Å²) in [6, 6.07) is 0.351. The lowest BCUT2D eigenvalue weighted by Gasteiger charge is -2.39. The van der Waals surface area contributed by atoms with Crippen molar-refractivity contribution in [1.29, 1.82) is 0 Å². The SMILES string of the molecule is CCCNC1CC(C(O)CC)CN(CC(N)=O)C1. The van der Waals surface area contributed by atoms with E-state index in [4.69, 9.17) is 5.73 Å². The maximum atomic E-state index is 11.0. The molecule has 0 bridgehead atoms. The average Bonchev–Trinajstić information content (AvgIpc) is 2.34. The maximum absolute atomic E-state index is 11.0. The van der Waals surface area contributed by atoms with Gasteiger partial charge in [0.15, 0.2) is 0 Å². The number of nitrogens with zero attached hydrogens (tertiary/aromatic N) is 1. The Bertz CT molecular complexity index is 261. The largest absolute Gasteiger partial charge is 0.393 e. The number of rotatable bonds is 7. The van der Waals surface area contributed by atoms with Crippen LogP contribution in [0.4, 0.5) is 0 Å². The molecule has 1 aliphatic rings. The van der Waals surface area contributed by atoms with Crippen molar-refractivity contribution in [1.82, 2.24) is 10.2 Å². The average molecular weight is 257 g/mol. The minimum absolute atomic E-state index is 0.234. The van der Waals surface area contributed by atoms with Gasteiger partial charge in [0.05, 0.1) is 12.6 Å². The van der Waals surface area contributed by atoms with Crippen LogP contribution in [-0.2, 0) is 4.79 Å². The first-order valence-electron chi connectivity index (χ1n) is 6.98. The lowest BCUT2D eigenvalue weighted by molar-refractivity contribution is -0.120. The molecule has 1 amide bonds. The zero-order valence-corrected chi connectivity index (χ0v) is 11.6. The fourth-order valence-corrected chi connectivity index (χ4v) is 2.69. The van der Waals surface area contributed by atoms with Crippen LogP contribution in [0, 0.1) is 5.92 Å². The molecule has 1 heterocycles. The van der Waals surface area contributed by atoms with Gasteiger partial charge in [0, 0.05) is 19.1 Å². The Morgan fingerprint density at radius 1 is 1.50 bits per heavy atom. The van der Waals surface area contributed by atoms with Gasteiger partial charge in [-0.1, -0.05) is 13.8 Å². The molecule has 3 atom stereocenters. The lowest BCUT2D eigenvalue weighted by atomic mass is 9.88. The Hall–Kier alpha value is -0.650. The van der Waals surface area contributed by atoms with Gasteiger partial charge in [-0.05, 0) is 31.7 Å². The molecule has 0 spiro atoms. The van der Waals surface area contributed by atoms with Gasteiger partial charge in [-0.25, -0.2) is 0 Å². The first kappa shape index (κ1) is 15.4. The van der Waals surface area contributed by atoms with Crippen molar-refractivity contribution in [2.24, 2.45) is 11.7 Å². The number of carbonyl (C=O) groups is 1. The molecule has 0 aromatic carbocycles. The van der Waals surface area contributed by atoms with E-state index in [9.17, 15) is 9.90 Å². The van der Waals surface area contributed by atoms with E-state index in [0.29, 0.717) is 6.04 Å². The maximum Gasteiger partial charge on any atom is 0.231 e. The van der Waals surface area contributed by atoms with E-state index >= 15 is 0 Å². The summed E-state index contributed by atoms with van der Waals surface area (Å²) >= 11 is 0. The molecule has 0 radical (unpaired) electrons. The molecule has 0 aliphatic carbocycles. The Kier molecular flexibility index (Phi) is 6.60. The summed E-state index contributed by atoms with van der Waals surface area (Å²) < 4.78 is 0. The topological polar surface area (TPSA) is 78.6 Å². The Balaban J connectivity index is 2.56. The summed E-state index contributed by atoms with van der Waals surface area (Å²) in [7, 11) is 0. The number of hydrogen-bond acceptors (Lipinski definition) is 4. The minimum Gasteiger partial charge on any atom is -0.393 e. The number of aliphatic hydroxyl groups is 1. The zero-order valence-electron chi connectivity index (χ0n) is 11.6. The van der Waals surface area contributed by atoms with Crippen molar-refractivity contribution < 1.29 is 9.90 Å². The third-order valence-electron chi connectivity index (χ3n) is 3.58. The van der Waals surface area contributed by atoms with Gasteiger partial charge < -0.3 is 16.2 Å².